The summed E-state index contributed by atoms with van der Waals surface area (Å²) in [6, 6.07) is 11.3. The van der Waals surface area contributed by atoms with Crippen LogP contribution in [-0.2, 0) is 25.6 Å². The summed E-state index contributed by atoms with van der Waals surface area (Å²) >= 11 is 0. The zero-order chi connectivity index (χ0) is 28.8. The third-order valence-corrected chi connectivity index (χ3v) is 9.65. The molecule has 0 bridgehead atoms. The van der Waals surface area contributed by atoms with Crippen LogP contribution in [0.25, 0.3) is 11.1 Å². The zero-order valence-corrected chi connectivity index (χ0v) is 23.1. The quantitative estimate of drug-likeness (QED) is 0.573. The molecule has 5 rings (SSSR count). The molecule has 0 spiro atoms. The Morgan fingerprint density at radius 3 is 2.21 bits per heavy atom. The predicted octanol–water partition coefficient (Wildman–Crippen LogP) is 4.07. The van der Waals surface area contributed by atoms with Gasteiger partial charge in [-0.15, -0.1) is 0 Å². The fraction of sp³-hybridized carbons (Fsp3) is 0.469. The van der Waals surface area contributed by atoms with Gasteiger partial charge >= 0.3 is 0 Å². The van der Waals surface area contributed by atoms with Crippen LogP contribution in [0.2, 0.25) is 0 Å². The number of hydrogen-bond donors (Lipinski definition) is 2. The monoisotopic (exact) mass is 530 g/mol. The fourth-order valence-corrected chi connectivity index (χ4v) is 8.21. The van der Waals surface area contributed by atoms with Crippen molar-refractivity contribution < 1.29 is 34.2 Å². The Hall–Kier alpha value is -3.45. The van der Waals surface area contributed by atoms with Crippen LogP contribution in [0.5, 0.6) is 5.75 Å². The molecule has 7 nitrogen and oxygen atoms in total. The van der Waals surface area contributed by atoms with Crippen LogP contribution in [0.3, 0.4) is 0 Å². The molecule has 6 atom stereocenters. The molecule has 2 fully saturated rings. The van der Waals surface area contributed by atoms with E-state index in [1.165, 1.54) is 0 Å². The Morgan fingerprint density at radius 2 is 1.64 bits per heavy atom. The first-order valence-corrected chi connectivity index (χ1v) is 13.4. The molecule has 0 saturated heterocycles. The Bertz CT molecular complexity index is 1470. The van der Waals surface area contributed by atoms with Gasteiger partial charge in [-0.2, -0.15) is 0 Å². The second-order valence-corrected chi connectivity index (χ2v) is 12.6. The second kappa shape index (κ2) is 8.52. The maximum absolute atomic E-state index is 14.4. The topological polar surface area (TPSA) is 126 Å². The highest BCUT2D eigenvalue weighted by molar-refractivity contribution is 6.32. The molecule has 3 aliphatic rings. The smallest absolute Gasteiger partial charge is 0.190 e. The summed E-state index contributed by atoms with van der Waals surface area (Å²) < 4.78 is 0. The third-order valence-electron chi connectivity index (χ3n) is 9.65. The van der Waals surface area contributed by atoms with E-state index in [2.05, 4.69) is 0 Å². The van der Waals surface area contributed by atoms with Gasteiger partial charge in [-0.3, -0.25) is 24.0 Å². The number of benzene rings is 2. The van der Waals surface area contributed by atoms with E-state index in [1.807, 2.05) is 36.4 Å². The van der Waals surface area contributed by atoms with Crippen molar-refractivity contribution >= 4 is 28.9 Å². The number of aromatic hydroxyl groups is 1. The van der Waals surface area contributed by atoms with Crippen molar-refractivity contribution in [1.82, 2.24) is 0 Å². The van der Waals surface area contributed by atoms with E-state index in [4.69, 9.17) is 0 Å². The minimum absolute atomic E-state index is 0.0275. The SMILES string of the molecule is CC(=O)C1C(=O)C(C(C)C)[C@@]2(C)C[C@@]3(C)Cc4c(-c5ccccc5)cc(C)c(O)c4C(=O)C3C(=O)[C@@]2(O)C1=O. The number of ketones is 5. The molecular weight excluding hydrogens is 496 g/mol. The molecular formula is C32H34O7. The molecule has 0 heterocycles. The predicted molar refractivity (Wildman–Crippen MR) is 143 cm³/mol. The van der Waals surface area contributed by atoms with Crippen molar-refractivity contribution in [2.24, 2.45) is 34.5 Å². The zero-order valence-electron chi connectivity index (χ0n) is 23.1. The second-order valence-electron chi connectivity index (χ2n) is 12.6. The molecule has 3 aliphatic carbocycles. The summed E-state index contributed by atoms with van der Waals surface area (Å²) in [6.45, 7) is 9.70. The van der Waals surface area contributed by atoms with Gasteiger partial charge in [0.1, 0.15) is 17.5 Å². The van der Waals surface area contributed by atoms with Crippen LogP contribution in [0.4, 0.5) is 0 Å². The van der Waals surface area contributed by atoms with Crippen molar-refractivity contribution in [3.63, 3.8) is 0 Å². The van der Waals surface area contributed by atoms with Crippen molar-refractivity contribution in [3.05, 3.63) is 53.1 Å². The van der Waals surface area contributed by atoms with E-state index >= 15 is 0 Å². The van der Waals surface area contributed by atoms with Gasteiger partial charge in [0.15, 0.2) is 28.7 Å². The molecule has 2 aromatic carbocycles. The van der Waals surface area contributed by atoms with E-state index in [0.717, 1.165) is 18.1 Å². The lowest BCUT2D eigenvalue weighted by Gasteiger charge is -2.62. The molecule has 0 aromatic heterocycles. The van der Waals surface area contributed by atoms with Crippen molar-refractivity contribution in [3.8, 4) is 16.9 Å². The van der Waals surface area contributed by atoms with E-state index in [-0.39, 0.29) is 30.1 Å². The van der Waals surface area contributed by atoms with E-state index in [9.17, 15) is 34.2 Å². The van der Waals surface area contributed by atoms with Gasteiger partial charge in [0.2, 0.25) is 0 Å². The first-order chi connectivity index (χ1) is 18.1. The molecule has 2 saturated carbocycles. The fourth-order valence-electron chi connectivity index (χ4n) is 8.21. The molecule has 2 aromatic rings. The summed E-state index contributed by atoms with van der Waals surface area (Å²) in [6.07, 6.45) is 0.253. The van der Waals surface area contributed by atoms with Gasteiger partial charge in [0.05, 0.1) is 11.5 Å². The van der Waals surface area contributed by atoms with Crippen LogP contribution >= 0.6 is 0 Å². The highest BCUT2D eigenvalue weighted by Gasteiger charge is 2.76. The normalized spacial score (nSPS) is 34.0. The van der Waals surface area contributed by atoms with Crippen LogP contribution in [0, 0.1) is 41.4 Å². The summed E-state index contributed by atoms with van der Waals surface area (Å²) in [5.74, 6) is -8.80. The largest absolute Gasteiger partial charge is 0.507 e. The summed E-state index contributed by atoms with van der Waals surface area (Å²) in [7, 11) is 0. The van der Waals surface area contributed by atoms with E-state index < -0.39 is 63.1 Å². The number of carbonyl (C=O) groups excluding carboxylic acids is 5. The van der Waals surface area contributed by atoms with Crippen LogP contribution in [0.1, 0.15) is 62.5 Å². The first-order valence-electron chi connectivity index (χ1n) is 13.4. The van der Waals surface area contributed by atoms with Crippen molar-refractivity contribution in [2.45, 2.75) is 60.0 Å². The van der Waals surface area contributed by atoms with Crippen LogP contribution < -0.4 is 0 Å². The van der Waals surface area contributed by atoms with Crippen LogP contribution in [0.15, 0.2) is 36.4 Å². The van der Waals surface area contributed by atoms with Gasteiger partial charge in [0.25, 0.3) is 0 Å². The minimum Gasteiger partial charge on any atom is -0.507 e. The highest BCUT2D eigenvalue weighted by atomic mass is 16.3. The maximum Gasteiger partial charge on any atom is 0.190 e. The van der Waals surface area contributed by atoms with Gasteiger partial charge in [0, 0.05) is 11.3 Å². The third kappa shape index (κ3) is 3.35. The first kappa shape index (κ1) is 27.1. The summed E-state index contributed by atoms with van der Waals surface area (Å²) in [5, 5.41) is 23.2. The van der Waals surface area contributed by atoms with Gasteiger partial charge in [-0.05, 0) is 66.3 Å². The average molecular weight is 531 g/mol. The number of phenols is 1. The lowest BCUT2D eigenvalue weighted by molar-refractivity contribution is -0.205. The molecule has 0 radical (unpaired) electrons. The molecule has 39 heavy (non-hydrogen) atoms. The van der Waals surface area contributed by atoms with Crippen molar-refractivity contribution in [1.29, 1.82) is 0 Å². The lowest BCUT2D eigenvalue weighted by Crippen LogP contribution is -2.76. The Morgan fingerprint density at radius 1 is 1.03 bits per heavy atom. The number of aliphatic hydroxyl groups is 1. The standard InChI is InChI=1S/C32H34O7/c1-15(2)23-26(35)21(17(4)33)28(37)32(39)29(38)24-27(36)22-20(13-30(24,5)14-31(23,32)6)19(12-16(3)25(22)34)18-10-8-7-9-11-18/h7-12,15,21,23-24,34,39H,13-14H2,1-6H3/t21?,23?,24?,30-,31-,32+/m1/s1. The molecule has 204 valence electrons. The Kier molecular flexibility index (Phi) is 5.93. The summed E-state index contributed by atoms with van der Waals surface area (Å²) in [5.41, 5.74) is -2.56. The Balaban J connectivity index is 1.77. The number of aryl methyl sites for hydroxylation is 1. The molecule has 7 heteroatoms. The highest BCUT2D eigenvalue weighted by Crippen LogP contribution is 2.64. The minimum atomic E-state index is -2.69. The van der Waals surface area contributed by atoms with Crippen molar-refractivity contribution in [2.75, 3.05) is 0 Å². The molecule has 0 amide bonds. The Labute approximate surface area is 227 Å². The van der Waals surface area contributed by atoms with Crippen LogP contribution in [-0.4, -0.2) is 44.7 Å². The van der Waals surface area contributed by atoms with E-state index in [1.54, 1.807) is 34.6 Å². The number of phenolic OH excluding ortho intramolecular Hbond substituents is 1. The summed E-state index contributed by atoms with van der Waals surface area (Å²) in [4.78, 5) is 68.4. The molecule has 2 N–H and O–H groups in total. The lowest BCUT2D eigenvalue weighted by atomic mass is 9.39. The van der Waals surface area contributed by atoms with Gasteiger partial charge < -0.3 is 10.2 Å². The number of hydrogen-bond acceptors (Lipinski definition) is 7. The van der Waals surface area contributed by atoms with Gasteiger partial charge in [-0.1, -0.05) is 58.0 Å². The average Bonchev–Trinajstić information content (AvgIpc) is 2.83. The number of fused-ring (bicyclic) bond motifs is 3. The molecule has 0 aliphatic heterocycles. The van der Waals surface area contributed by atoms with Gasteiger partial charge in [-0.25, -0.2) is 0 Å². The number of rotatable bonds is 3. The molecule has 3 unspecified atom stereocenters. The number of Topliss-reactive ketones (excluding diaryl/α,β-unsaturated/α-hetero) is 5. The number of carbonyl (C=O) groups is 5. The van der Waals surface area contributed by atoms with E-state index in [0.29, 0.717) is 11.1 Å². The maximum atomic E-state index is 14.4.